The zero-order valence-corrected chi connectivity index (χ0v) is 27.2. The highest BCUT2D eigenvalue weighted by molar-refractivity contribution is 5.99. The van der Waals surface area contributed by atoms with Crippen LogP contribution < -0.4 is 0 Å². The molecule has 0 bridgehead atoms. The van der Waals surface area contributed by atoms with E-state index in [1.807, 2.05) is 0 Å². The van der Waals surface area contributed by atoms with Gasteiger partial charge in [-0.15, -0.1) is 0 Å². The average Bonchev–Trinajstić information content (AvgIpc) is 3.11. The van der Waals surface area contributed by atoms with Crippen LogP contribution in [0.3, 0.4) is 0 Å². The zero-order valence-electron chi connectivity index (χ0n) is 27.2. The van der Waals surface area contributed by atoms with Gasteiger partial charge in [0.15, 0.2) is 0 Å². The van der Waals surface area contributed by atoms with Gasteiger partial charge in [-0.05, 0) is 73.6 Å². The highest BCUT2D eigenvalue weighted by atomic mass is 16.4. The fourth-order valence-electron chi connectivity index (χ4n) is 5.70. The van der Waals surface area contributed by atoms with Crippen LogP contribution in [0.15, 0.2) is 0 Å². The number of aliphatic hydroxyl groups excluding tert-OH is 12. The van der Waals surface area contributed by atoms with Gasteiger partial charge in [0.05, 0.1) is 90.4 Å². The normalized spacial score (nSPS) is 12.9. The minimum atomic E-state index is -1.59. The van der Waals surface area contributed by atoms with Crippen LogP contribution in [0.4, 0.5) is 0 Å². The molecular formula is C32H54O16. The largest absolute Gasteiger partial charge is 0.478 e. The average molecular weight is 695 g/mol. The molecule has 0 fully saturated rings. The van der Waals surface area contributed by atoms with Gasteiger partial charge in [-0.3, -0.25) is 0 Å². The minimum absolute atomic E-state index is 0.00475. The quantitative estimate of drug-likeness (QED) is 0.0451. The zero-order chi connectivity index (χ0) is 36.8. The highest BCUT2D eigenvalue weighted by Gasteiger charge is 2.38. The van der Waals surface area contributed by atoms with Gasteiger partial charge in [-0.25, -0.2) is 9.59 Å². The van der Waals surface area contributed by atoms with E-state index in [2.05, 4.69) is 0 Å². The van der Waals surface area contributed by atoms with Gasteiger partial charge in [0.1, 0.15) is 0 Å². The summed E-state index contributed by atoms with van der Waals surface area (Å²) >= 11 is 0. The van der Waals surface area contributed by atoms with E-state index in [0.29, 0.717) is 0 Å². The Morgan fingerprint density at radius 2 is 0.521 bits per heavy atom. The lowest BCUT2D eigenvalue weighted by Crippen LogP contribution is -2.37. The molecule has 0 heterocycles. The molecule has 14 N–H and O–H groups in total. The van der Waals surface area contributed by atoms with E-state index < -0.39 is 130 Å². The Balaban J connectivity index is 4.39. The second-order valence-corrected chi connectivity index (χ2v) is 13.2. The van der Waals surface area contributed by atoms with Crippen molar-refractivity contribution in [2.24, 2.45) is 21.7 Å². The molecule has 0 spiro atoms. The van der Waals surface area contributed by atoms with Gasteiger partial charge in [0, 0.05) is 21.7 Å². The van der Waals surface area contributed by atoms with Gasteiger partial charge in [0.2, 0.25) is 0 Å². The molecule has 16 heteroatoms. The van der Waals surface area contributed by atoms with E-state index in [4.69, 9.17) is 0 Å². The number of rotatable bonds is 26. The SMILES string of the molecule is O=C(O)c1c(CCC(CO)(CO)CO)c(CCC(CO)(CO)CO)c(CCC(CO)(CO)CO)c(C(=O)O)c1CCC(CO)(CO)CO. The van der Waals surface area contributed by atoms with E-state index in [1.165, 1.54) is 0 Å². The summed E-state index contributed by atoms with van der Waals surface area (Å²) in [6.45, 7) is -8.50. The third-order valence-corrected chi connectivity index (χ3v) is 10.0. The van der Waals surface area contributed by atoms with E-state index in [0.717, 1.165) is 0 Å². The molecule has 278 valence electrons. The molecule has 0 saturated carbocycles. The first-order valence-electron chi connectivity index (χ1n) is 15.7. The van der Waals surface area contributed by atoms with E-state index >= 15 is 0 Å². The Labute approximate surface area is 278 Å². The van der Waals surface area contributed by atoms with Gasteiger partial charge >= 0.3 is 11.9 Å². The molecule has 0 atom stereocenters. The molecule has 1 aromatic rings. The van der Waals surface area contributed by atoms with Crippen molar-refractivity contribution in [2.75, 3.05) is 79.3 Å². The predicted octanol–water partition coefficient (Wildman–Crippen LogP) is -3.33. The first kappa shape index (κ1) is 43.7. The summed E-state index contributed by atoms with van der Waals surface area (Å²) in [6, 6.07) is 0. The number of carboxylic acid groups (broad SMARTS) is 2. The second kappa shape index (κ2) is 19.8. The van der Waals surface area contributed by atoms with Crippen molar-refractivity contribution in [1.29, 1.82) is 0 Å². The summed E-state index contributed by atoms with van der Waals surface area (Å²) in [4.78, 5) is 26.1. The van der Waals surface area contributed by atoms with Crippen LogP contribution in [-0.4, -0.2) is 163 Å². The maximum atomic E-state index is 13.1. The molecule has 0 aliphatic carbocycles. The van der Waals surface area contributed by atoms with Crippen molar-refractivity contribution in [3.05, 3.63) is 33.4 Å². The molecule has 0 aromatic heterocycles. The Morgan fingerprint density at radius 1 is 0.333 bits per heavy atom. The Hall–Kier alpha value is -2.32. The fraction of sp³-hybridized carbons (Fsp3) is 0.750. The molecule has 0 saturated heterocycles. The van der Waals surface area contributed by atoms with E-state index in [9.17, 15) is 81.1 Å². The smallest absolute Gasteiger partial charge is 0.336 e. The number of carbonyl (C=O) groups is 2. The number of hydrogen-bond acceptors (Lipinski definition) is 14. The first-order valence-corrected chi connectivity index (χ1v) is 15.7. The third kappa shape index (κ3) is 9.89. The van der Waals surface area contributed by atoms with Crippen LogP contribution in [0.2, 0.25) is 0 Å². The molecular weight excluding hydrogens is 640 g/mol. The van der Waals surface area contributed by atoms with Crippen molar-refractivity contribution in [1.82, 2.24) is 0 Å². The number of aromatic carboxylic acids is 2. The molecule has 1 aromatic carbocycles. The molecule has 0 radical (unpaired) electrons. The van der Waals surface area contributed by atoms with Gasteiger partial charge in [-0.1, -0.05) is 0 Å². The lowest BCUT2D eigenvalue weighted by Gasteiger charge is -2.33. The molecule has 0 unspecified atom stereocenters. The maximum Gasteiger partial charge on any atom is 0.336 e. The Kier molecular flexibility index (Phi) is 18.0. The fourth-order valence-corrected chi connectivity index (χ4v) is 5.70. The Bertz CT molecular complexity index is 1060. The lowest BCUT2D eigenvalue weighted by atomic mass is 9.73. The van der Waals surface area contributed by atoms with Gasteiger partial charge < -0.3 is 71.5 Å². The van der Waals surface area contributed by atoms with Crippen molar-refractivity contribution in [3.8, 4) is 0 Å². The predicted molar refractivity (Wildman–Crippen MR) is 168 cm³/mol. The molecule has 1 rings (SSSR count). The number of hydrogen-bond donors (Lipinski definition) is 14. The maximum absolute atomic E-state index is 13.1. The number of benzene rings is 1. The number of carboxylic acids is 2. The van der Waals surface area contributed by atoms with E-state index in [1.54, 1.807) is 0 Å². The summed E-state index contributed by atoms with van der Waals surface area (Å²) in [5.41, 5.74) is -7.17. The summed E-state index contributed by atoms with van der Waals surface area (Å²) in [5, 5.41) is 141. The van der Waals surface area contributed by atoms with Crippen LogP contribution in [0.5, 0.6) is 0 Å². The number of aliphatic hydroxyl groups is 12. The van der Waals surface area contributed by atoms with Crippen LogP contribution in [0.1, 0.15) is 68.7 Å². The van der Waals surface area contributed by atoms with Crippen molar-refractivity contribution >= 4 is 11.9 Å². The van der Waals surface area contributed by atoms with Crippen LogP contribution in [0, 0.1) is 21.7 Å². The van der Waals surface area contributed by atoms with Crippen LogP contribution in [-0.2, 0) is 25.7 Å². The van der Waals surface area contributed by atoms with Crippen molar-refractivity contribution in [3.63, 3.8) is 0 Å². The standard InChI is InChI=1S/C32H54O16/c33-9-29(10-34,11-35)5-1-21-22(2-6-30(12-36,13-37)14-38)25(27(45)46)24(4-8-32(18-42,19-43)20-44)26(28(47)48)23(21)3-7-31(15-39,16-40)17-41/h33-44H,1-20H2,(H,45,46)(H,47,48). The molecule has 48 heavy (non-hydrogen) atoms. The van der Waals surface area contributed by atoms with E-state index in [-0.39, 0.29) is 67.2 Å². The summed E-state index contributed by atoms with van der Waals surface area (Å²) in [7, 11) is 0. The third-order valence-electron chi connectivity index (χ3n) is 10.0. The minimum Gasteiger partial charge on any atom is -0.478 e. The van der Waals surface area contributed by atoms with Crippen LogP contribution in [0.25, 0.3) is 0 Å². The highest BCUT2D eigenvalue weighted by Crippen LogP contribution is 2.39. The summed E-state index contributed by atoms with van der Waals surface area (Å²) in [5.74, 6) is -3.18. The topological polar surface area (TPSA) is 317 Å². The second-order valence-electron chi connectivity index (χ2n) is 13.2. The van der Waals surface area contributed by atoms with Gasteiger partial charge in [-0.2, -0.15) is 0 Å². The molecule has 0 aliphatic rings. The molecule has 16 nitrogen and oxygen atoms in total. The van der Waals surface area contributed by atoms with Crippen molar-refractivity contribution in [2.45, 2.75) is 51.4 Å². The lowest BCUT2D eigenvalue weighted by molar-refractivity contribution is -0.00215. The molecule has 0 amide bonds. The first-order chi connectivity index (χ1) is 22.8. The summed E-state index contributed by atoms with van der Waals surface area (Å²) < 4.78 is 0. The summed E-state index contributed by atoms with van der Waals surface area (Å²) in [6.07, 6.45) is -2.03. The monoisotopic (exact) mass is 694 g/mol. The van der Waals surface area contributed by atoms with Crippen molar-refractivity contribution < 1.29 is 81.1 Å². The van der Waals surface area contributed by atoms with Crippen LogP contribution >= 0.6 is 0 Å². The van der Waals surface area contributed by atoms with Gasteiger partial charge in [0.25, 0.3) is 0 Å². The molecule has 0 aliphatic heterocycles. The Morgan fingerprint density at radius 3 is 0.708 bits per heavy atom.